The first-order valence-corrected chi connectivity index (χ1v) is 9.63. The molecule has 0 saturated heterocycles. The number of benzene rings is 1. The average Bonchev–Trinajstić information content (AvgIpc) is 3.04. The van der Waals surface area contributed by atoms with Gasteiger partial charge in [0.2, 0.25) is 5.91 Å². The number of thiazole rings is 1. The van der Waals surface area contributed by atoms with Gasteiger partial charge in [0.25, 0.3) is 0 Å². The second-order valence-electron chi connectivity index (χ2n) is 5.65. The van der Waals surface area contributed by atoms with Crippen LogP contribution in [0.2, 0.25) is 0 Å². The second kappa shape index (κ2) is 7.76. The molecule has 1 amide bonds. The predicted octanol–water partition coefficient (Wildman–Crippen LogP) is 4.26. The summed E-state index contributed by atoms with van der Waals surface area (Å²) in [4.78, 5) is 25.0. The van der Waals surface area contributed by atoms with Crippen LogP contribution in [0.1, 0.15) is 16.8 Å². The summed E-state index contributed by atoms with van der Waals surface area (Å²) in [6.45, 7) is 6.07. The van der Waals surface area contributed by atoms with Gasteiger partial charge in [-0.3, -0.25) is 4.79 Å². The Bertz CT molecular complexity index is 908. The number of rotatable bonds is 5. The van der Waals surface area contributed by atoms with Crippen molar-refractivity contribution in [3.05, 3.63) is 52.7 Å². The molecule has 0 fully saturated rings. The first-order chi connectivity index (χ1) is 12.0. The van der Waals surface area contributed by atoms with Crippen molar-refractivity contribution in [1.82, 2.24) is 15.0 Å². The molecule has 1 N–H and O–H groups in total. The van der Waals surface area contributed by atoms with Gasteiger partial charge in [0.05, 0.1) is 11.4 Å². The molecule has 0 aliphatic heterocycles. The molecule has 0 aliphatic carbocycles. The molecule has 128 valence electrons. The Morgan fingerprint density at radius 1 is 1.16 bits per heavy atom. The summed E-state index contributed by atoms with van der Waals surface area (Å²) in [5, 5.41) is 5.99. The van der Waals surface area contributed by atoms with Gasteiger partial charge in [0.15, 0.2) is 10.3 Å². The van der Waals surface area contributed by atoms with Crippen molar-refractivity contribution in [1.29, 1.82) is 0 Å². The van der Waals surface area contributed by atoms with E-state index in [0.29, 0.717) is 10.3 Å². The molecule has 0 bridgehead atoms. The summed E-state index contributed by atoms with van der Waals surface area (Å²) >= 11 is 2.73. The average molecular weight is 371 g/mol. The lowest BCUT2D eigenvalue weighted by Crippen LogP contribution is -2.14. The van der Waals surface area contributed by atoms with E-state index in [1.165, 1.54) is 34.2 Å². The first kappa shape index (κ1) is 17.6. The number of anilines is 1. The molecule has 3 rings (SSSR count). The Kier molecular flexibility index (Phi) is 5.45. The number of hydrogen-bond acceptors (Lipinski definition) is 6. The van der Waals surface area contributed by atoms with Crippen LogP contribution in [-0.2, 0) is 4.79 Å². The topological polar surface area (TPSA) is 67.8 Å². The quantitative estimate of drug-likeness (QED) is 0.537. The van der Waals surface area contributed by atoms with Crippen LogP contribution < -0.4 is 5.32 Å². The molecule has 1 aromatic carbocycles. The van der Waals surface area contributed by atoms with Gasteiger partial charge in [-0.05, 0) is 44.0 Å². The van der Waals surface area contributed by atoms with Crippen molar-refractivity contribution in [2.24, 2.45) is 0 Å². The van der Waals surface area contributed by atoms with Gasteiger partial charge in [0.1, 0.15) is 0 Å². The van der Waals surface area contributed by atoms with Crippen molar-refractivity contribution < 1.29 is 4.79 Å². The van der Waals surface area contributed by atoms with Crippen molar-refractivity contribution >= 4 is 34.1 Å². The van der Waals surface area contributed by atoms with Crippen LogP contribution in [0, 0.1) is 20.8 Å². The fourth-order valence-corrected chi connectivity index (χ4v) is 3.56. The van der Waals surface area contributed by atoms with E-state index in [2.05, 4.69) is 46.2 Å². The van der Waals surface area contributed by atoms with E-state index in [-0.39, 0.29) is 11.7 Å². The number of nitrogens with one attached hydrogen (secondary N) is 1. The number of carbonyl (C=O) groups excluding carboxylic acids is 1. The van der Waals surface area contributed by atoms with Gasteiger partial charge < -0.3 is 5.32 Å². The van der Waals surface area contributed by atoms with Gasteiger partial charge in [-0.1, -0.05) is 23.9 Å². The molecule has 0 unspecified atom stereocenters. The molecule has 2 aromatic heterocycles. The maximum absolute atomic E-state index is 12.1. The van der Waals surface area contributed by atoms with E-state index in [1.807, 2.05) is 24.4 Å². The third-order valence-corrected chi connectivity index (χ3v) is 5.28. The molecule has 0 saturated carbocycles. The molecular formula is C18H18N4OS2. The number of aryl methyl sites for hydroxylation is 3. The lowest BCUT2D eigenvalue weighted by molar-refractivity contribution is -0.113. The van der Waals surface area contributed by atoms with E-state index in [9.17, 15) is 4.79 Å². The summed E-state index contributed by atoms with van der Waals surface area (Å²) in [6.07, 6.45) is 1.69. The van der Waals surface area contributed by atoms with Crippen molar-refractivity contribution in [2.75, 3.05) is 11.1 Å². The van der Waals surface area contributed by atoms with Crippen LogP contribution in [0.15, 0.2) is 41.0 Å². The molecule has 0 spiro atoms. The summed E-state index contributed by atoms with van der Waals surface area (Å²) in [5.74, 6) is 0.137. The van der Waals surface area contributed by atoms with Crippen molar-refractivity contribution in [2.45, 2.75) is 25.9 Å². The molecule has 3 aromatic rings. The summed E-state index contributed by atoms with van der Waals surface area (Å²) < 4.78 is 0. The predicted molar refractivity (Wildman–Crippen MR) is 103 cm³/mol. The highest BCUT2D eigenvalue weighted by atomic mass is 32.2. The largest absolute Gasteiger partial charge is 0.301 e. The molecule has 2 heterocycles. The fraction of sp³-hybridized carbons (Fsp3) is 0.222. The monoisotopic (exact) mass is 370 g/mol. The zero-order valence-electron chi connectivity index (χ0n) is 14.2. The van der Waals surface area contributed by atoms with Crippen LogP contribution in [0.4, 0.5) is 5.13 Å². The second-order valence-corrected chi connectivity index (χ2v) is 7.45. The highest BCUT2D eigenvalue weighted by Crippen LogP contribution is 2.26. The molecule has 0 atom stereocenters. The van der Waals surface area contributed by atoms with Crippen LogP contribution in [0.25, 0.3) is 11.3 Å². The zero-order chi connectivity index (χ0) is 17.8. The van der Waals surface area contributed by atoms with E-state index >= 15 is 0 Å². The summed E-state index contributed by atoms with van der Waals surface area (Å²) in [5.41, 5.74) is 5.30. The van der Waals surface area contributed by atoms with Gasteiger partial charge >= 0.3 is 0 Å². The van der Waals surface area contributed by atoms with Crippen molar-refractivity contribution in [3.8, 4) is 11.3 Å². The van der Waals surface area contributed by atoms with E-state index in [0.717, 1.165) is 17.0 Å². The number of nitrogens with zero attached hydrogens (tertiary/aromatic N) is 3. The van der Waals surface area contributed by atoms with Crippen molar-refractivity contribution in [3.63, 3.8) is 0 Å². The number of amides is 1. The highest BCUT2D eigenvalue weighted by Gasteiger charge is 2.10. The standard InChI is InChI=1S/C18H18N4OS2/c1-11-4-5-14(8-12(11)2)15-9-24-18(21-15)22-16(23)10-25-17-19-7-6-13(3)20-17/h4-9H,10H2,1-3H3,(H,21,22,23). The Morgan fingerprint density at radius 3 is 2.76 bits per heavy atom. The number of thioether (sulfide) groups is 1. The fourth-order valence-electron chi connectivity index (χ4n) is 2.15. The molecular weight excluding hydrogens is 352 g/mol. The number of aromatic nitrogens is 3. The smallest absolute Gasteiger partial charge is 0.236 e. The zero-order valence-corrected chi connectivity index (χ0v) is 15.9. The van der Waals surface area contributed by atoms with Gasteiger partial charge in [0, 0.05) is 22.8 Å². The Morgan fingerprint density at radius 2 is 2.00 bits per heavy atom. The molecule has 5 nitrogen and oxygen atoms in total. The Hall–Kier alpha value is -2.25. The summed E-state index contributed by atoms with van der Waals surface area (Å²) in [7, 11) is 0. The van der Waals surface area contributed by atoms with Crippen LogP contribution in [-0.4, -0.2) is 26.6 Å². The number of carbonyl (C=O) groups is 1. The van der Waals surface area contributed by atoms with Crippen LogP contribution >= 0.6 is 23.1 Å². The third kappa shape index (κ3) is 4.64. The van der Waals surface area contributed by atoms with Gasteiger partial charge in [-0.15, -0.1) is 11.3 Å². The lowest BCUT2D eigenvalue weighted by atomic mass is 10.1. The van der Waals surface area contributed by atoms with Crippen LogP contribution in [0.5, 0.6) is 0 Å². The van der Waals surface area contributed by atoms with E-state index in [4.69, 9.17) is 0 Å². The van der Waals surface area contributed by atoms with Gasteiger partial charge in [-0.25, -0.2) is 15.0 Å². The SMILES string of the molecule is Cc1ccnc(SCC(=O)Nc2nc(-c3ccc(C)c(C)c3)cs2)n1. The van der Waals surface area contributed by atoms with E-state index in [1.54, 1.807) is 6.20 Å². The first-order valence-electron chi connectivity index (χ1n) is 7.77. The van der Waals surface area contributed by atoms with E-state index < -0.39 is 0 Å². The third-order valence-electron chi connectivity index (χ3n) is 3.66. The number of hydrogen-bond donors (Lipinski definition) is 1. The Labute approximate surface area is 155 Å². The van der Waals surface area contributed by atoms with Gasteiger partial charge in [-0.2, -0.15) is 0 Å². The maximum Gasteiger partial charge on any atom is 0.236 e. The molecule has 7 heteroatoms. The minimum absolute atomic E-state index is 0.115. The molecule has 0 aliphatic rings. The maximum atomic E-state index is 12.1. The Balaban J connectivity index is 1.60. The highest BCUT2D eigenvalue weighted by molar-refractivity contribution is 7.99. The minimum atomic E-state index is -0.115. The van der Waals surface area contributed by atoms with Crippen LogP contribution in [0.3, 0.4) is 0 Å². The molecule has 0 radical (unpaired) electrons. The lowest BCUT2D eigenvalue weighted by Gasteiger charge is -2.03. The summed E-state index contributed by atoms with van der Waals surface area (Å²) in [6, 6.07) is 8.07. The normalized spacial score (nSPS) is 10.7. The minimum Gasteiger partial charge on any atom is -0.301 e. The molecule has 25 heavy (non-hydrogen) atoms.